The van der Waals surface area contributed by atoms with Crippen LogP contribution in [0.4, 0.5) is 0 Å². The van der Waals surface area contributed by atoms with Crippen molar-refractivity contribution in [1.29, 1.82) is 0 Å². The van der Waals surface area contributed by atoms with E-state index in [0.29, 0.717) is 12.0 Å². The van der Waals surface area contributed by atoms with Crippen molar-refractivity contribution in [3.05, 3.63) is 71.8 Å². The lowest BCUT2D eigenvalue weighted by molar-refractivity contribution is -0.126. The zero-order valence-corrected chi connectivity index (χ0v) is 13.6. The van der Waals surface area contributed by atoms with Gasteiger partial charge < -0.3 is 5.11 Å². The van der Waals surface area contributed by atoms with Crippen molar-refractivity contribution in [3.63, 3.8) is 0 Å². The van der Waals surface area contributed by atoms with Crippen molar-refractivity contribution in [3.8, 4) is 0 Å². The Bertz CT molecular complexity index is 694. The summed E-state index contributed by atoms with van der Waals surface area (Å²) < 4.78 is 0. The number of carbonyl (C=O) groups is 2. The van der Waals surface area contributed by atoms with E-state index in [1.165, 1.54) is 0 Å². The van der Waals surface area contributed by atoms with Gasteiger partial charge in [-0.15, -0.1) is 0 Å². The highest BCUT2D eigenvalue weighted by Gasteiger charge is 2.38. The molecule has 0 radical (unpaired) electrons. The fourth-order valence-electron chi connectivity index (χ4n) is 3.64. The highest BCUT2D eigenvalue weighted by atomic mass is 16.3. The molecule has 0 amide bonds. The number of aliphatic hydroxyl groups is 1. The van der Waals surface area contributed by atoms with Crippen molar-refractivity contribution in [2.45, 2.75) is 37.7 Å². The third-order valence-corrected chi connectivity index (χ3v) is 4.89. The van der Waals surface area contributed by atoms with Crippen LogP contribution in [-0.4, -0.2) is 22.8 Å². The fourth-order valence-corrected chi connectivity index (χ4v) is 3.64. The van der Waals surface area contributed by atoms with Crippen molar-refractivity contribution < 1.29 is 14.7 Å². The third kappa shape index (κ3) is 3.46. The van der Waals surface area contributed by atoms with Gasteiger partial charge in [0.1, 0.15) is 11.9 Å². The summed E-state index contributed by atoms with van der Waals surface area (Å²) in [7, 11) is 0. The Kier molecular flexibility index (Phi) is 5.21. The number of ketones is 2. The predicted molar refractivity (Wildman–Crippen MR) is 92.9 cm³/mol. The van der Waals surface area contributed by atoms with Crippen LogP contribution in [0.3, 0.4) is 0 Å². The topological polar surface area (TPSA) is 54.4 Å². The van der Waals surface area contributed by atoms with Crippen LogP contribution in [0.2, 0.25) is 0 Å². The van der Waals surface area contributed by atoms with Crippen LogP contribution in [0.15, 0.2) is 60.7 Å². The van der Waals surface area contributed by atoms with E-state index in [4.69, 9.17) is 0 Å². The summed E-state index contributed by atoms with van der Waals surface area (Å²) in [6.07, 6.45) is 1.94. The van der Waals surface area contributed by atoms with E-state index >= 15 is 0 Å². The average Bonchev–Trinajstić information content (AvgIpc) is 2.64. The van der Waals surface area contributed by atoms with Gasteiger partial charge in [0, 0.05) is 23.8 Å². The Labute approximate surface area is 142 Å². The summed E-state index contributed by atoms with van der Waals surface area (Å²) in [5.41, 5.74) is 1.34. The van der Waals surface area contributed by atoms with Crippen molar-refractivity contribution in [2.75, 3.05) is 0 Å². The average molecular weight is 322 g/mol. The normalized spacial score (nSPS) is 20.4. The summed E-state index contributed by atoms with van der Waals surface area (Å²) in [5.74, 6) is -0.923. The van der Waals surface area contributed by atoms with Gasteiger partial charge >= 0.3 is 0 Å². The lowest BCUT2D eigenvalue weighted by atomic mass is 9.72. The molecule has 0 aliphatic heterocycles. The van der Waals surface area contributed by atoms with E-state index in [-0.39, 0.29) is 17.5 Å². The Morgan fingerprint density at radius 2 is 1.58 bits per heavy atom. The van der Waals surface area contributed by atoms with Crippen LogP contribution in [0.25, 0.3) is 0 Å². The van der Waals surface area contributed by atoms with Gasteiger partial charge in [0.2, 0.25) is 0 Å². The van der Waals surface area contributed by atoms with Gasteiger partial charge in [0.15, 0.2) is 5.78 Å². The molecule has 3 unspecified atom stereocenters. The molecule has 3 nitrogen and oxygen atoms in total. The fraction of sp³-hybridized carbons (Fsp3) is 0.333. The summed E-state index contributed by atoms with van der Waals surface area (Å²) in [6, 6.07) is 18.3. The lowest BCUT2D eigenvalue weighted by Gasteiger charge is -2.32. The first-order valence-corrected chi connectivity index (χ1v) is 8.53. The molecule has 0 heterocycles. The number of Topliss-reactive ketones (excluding diaryl/α,β-unsaturated/α-hetero) is 2. The Balaban J connectivity index is 1.95. The number of benzene rings is 2. The number of hydrogen-bond donors (Lipinski definition) is 1. The van der Waals surface area contributed by atoms with E-state index in [1.807, 2.05) is 36.4 Å². The van der Waals surface area contributed by atoms with E-state index in [0.717, 1.165) is 24.8 Å². The molecule has 3 atom stereocenters. The van der Waals surface area contributed by atoms with Gasteiger partial charge in [0.25, 0.3) is 0 Å². The minimum Gasteiger partial charge on any atom is -0.384 e. The molecule has 1 saturated carbocycles. The van der Waals surface area contributed by atoms with Gasteiger partial charge in [-0.25, -0.2) is 0 Å². The van der Waals surface area contributed by atoms with Gasteiger partial charge in [0.05, 0.1) is 0 Å². The quantitative estimate of drug-likeness (QED) is 0.853. The van der Waals surface area contributed by atoms with Crippen molar-refractivity contribution in [2.24, 2.45) is 5.92 Å². The maximum Gasteiger partial charge on any atom is 0.191 e. The maximum absolute atomic E-state index is 12.7. The molecular weight excluding hydrogens is 300 g/mol. The highest BCUT2D eigenvalue weighted by Crippen LogP contribution is 2.37. The second kappa shape index (κ2) is 7.54. The van der Waals surface area contributed by atoms with Crippen molar-refractivity contribution >= 4 is 11.6 Å². The SMILES string of the molecule is O=C(c1ccccc1)C(O)C(c1ccccc1)C1CCCCC1=O. The van der Waals surface area contributed by atoms with Crippen LogP contribution in [0, 0.1) is 5.92 Å². The van der Waals surface area contributed by atoms with Gasteiger partial charge in [-0.1, -0.05) is 67.1 Å². The van der Waals surface area contributed by atoms with Crippen LogP contribution in [0.1, 0.15) is 47.5 Å². The molecule has 3 rings (SSSR count). The molecule has 124 valence electrons. The summed E-state index contributed by atoms with van der Waals surface area (Å²) in [4.78, 5) is 25.2. The Hall–Kier alpha value is -2.26. The largest absolute Gasteiger partial charge is 0.384 e. The molecule has 0 spiro atoms. The highest BCUT2D eigenvalue weighted by molar-refractivity contribution is 6.00. The van der Waals surface area contributed by atoms with E-state index in [9.17, 15) is 14.7 Å². The number of carbonyl (C=O) groups excluding carboxylic acids is 2. The number of aliphatic hydroxyl groups excluding tert-OH is 1. The van der Waals surface area contributed by atoms with E-state index in [1.54, 1.807) is 24.3 Å². The summed E-state index contributed by atoms with van der Waals surface area (Å²) in [5, 5.41) is 10.9. The maximum atomic E-state index is 12.7. The first-order valence-electron chi connectivity index (χ1n) is 8.53. The molecule has 1 fully saturated rings. The zero-order chi connectivity index (χ0) is 16.9. The van der Waals surface area contributed by atoms with E-state index < -0.39 is 12.0 Å². The third-order valence-electron chi connectivity index (χ3n) is 4.89. The van der Waals surface area contributed by atoms with Crippen LogP contribution < -0.4 is 0 Å². The molecular formula is C21H22O3. The minimum absolute atomic E-state index is 0.162. The van der Waals surface area contributed by atoms with Crippen molar-refractivity contribution in [1.82, 2.24) is 0 Å². The first-order chi connectivity index (χ1) is 11.7. The van der Waals surface area contributed by atoms with Crippen LogP contribution in [0.5, 0.6) is 0 Å². The predicted octanol–water partition coefficient (Wildman–Crippen LogP) is 3.77. The molecule has 0 aromatic heterocycles. The van der Waals surface area contributed by atoms with Gasteiger partial charge in [-0.2, -0.15) is 0 Å². The van der Waals surface area contributed by atoms with Crippen LogP contribution >= 0.6 is 0 Å². The van der Waals surface area contributed by atoms with Gasteiger partial charge in [-0.05, 0) is 18.4 Å². The molecule has 1 N–H and O–H groups in total. The molecule has 2 aromatic carbocycles. The second-order valence-electron chi connectivity index (χ2n) is 6.43. The van der Waals surface area contributed by atoms with Crippen LogP contribution in [-0.2, 0) is 4.79 Å². The number of hydrogen-bond acceptors (Lipinski definition) is 3. The monoisotopic (exact) mass is 322 g/mol. The smallest absolute Gasteiger partial charge is 0.191 e. The molecule has 0 bridgehead atoms. The first kappa shape index (κ1) is 16.6. The summed E-state index contributed by atoms with van der Waals surface area (Å²) in [6.45, 7) is 0. The molecule has 2 aromatic rings. The molecule has 0 saturated heterocycles. The molecule has 1 aliphatic rings. The lowest BCUT2D eigenvalue weighted by Crippen LogP contribution is -2.37. The van der Waals surface area contributed by atoms with E-state index in [2.05, 4.69) is 0 Å². The minimum atomic E-state index is -1.21. The molecule has 1 aliphatic carbocycles. The van der Waals surface area contributed by atoms with Gasteiger partial charge in [-0.3, -0.25) is 9.59 Å². The standard InChI is InChI=1S/C21H22O3/c22-18-14-8-7-13-17(18)19(15-9-3-1-4-10-15)21(24)20(23)16-11-5-2-6-12-16/h1-6,9-12,17,19,21,24H,7-8,13-14H2. The molecule has 3 heteroatoms. The zero-order valence-electron chi connectivity index (χ0n) is 13.6. The second-order valence-corrected chi connectivity index (χ2v) is 6.43. The Morgan fingerprint density at radius 3 is 2.21 bits per heavy atom. The Morgan fingerprint density at radius 1 is 0.958 bits per heavy atom. The number of rotatable bonds is 5. The molecule has 24 heavy (non-hydrogen) atoms. The summed E-state index contributed by atoms with van der Waals surface area (Å²) >= 11 is 0.